The summed E-state index contributed by atoms with van der Waals surface area (Å²) in [7, 11) is 1.70. The number of carbonyl (C=O) groups is 1. The van der Waals surface area contributed by atoms with Crippen molar-refractivity contribution in [1.82, 2.24) is 10.2 Å². The van der Waals surface area contributed by atoms with Gasteiger partial charge in [-0.15, -0.1) is 0 Å². The summed E-state index contributed by atoms with van der Waals surface area (Å²) < 4.78 is 29.3. The number of amides is 1. The molecule has 25 heavy (non-hydrogen) atoms. The van der Waals surface area contributed by atoms with E-state index < -0.39 is 18.4 Å². The molecule has 0 radical (unpaired) electrons. The highest BCUT2D eigenvalue weighted by Gasteiger charge is 2.53. The number of ether oxygens (including phenoxy) is 1. The molecule has 0 aromatic heterocycles. The number of hydrogen-bond acceptors (Lipinski definition) is 4. The van der Waals surface area contributed by atoms with Crippen molar-refractivity contribution in [3.05, 3.63) is 64.7 Å². The molecule has 0 bridgehead atoms. The molecule has 132 valence electrons. The van der Waals surface area contributed by atoms with Crippen LogP contribution >= 0.6 is 11.6 Å². The Morgan fingerprint density at radius 2 is 1.92 bits per heavy atom. The lowest BCUT2D eigenvalue weighted by molar-refractivity contribution is -0.124. The maximum absolute atomic E-state index is 12.9. The first-order valence-corrected chi connectivity index (χ1v) is 7.85. The number of nitrogens with one attached hydrogen (secondary N) is 1. The number of nitrogens with two attached hydrogens (primary N) is 1. The molecule has 1 unspecified atom stereocenters. The van der Waals surface area contributed by atoms with Crippen molar-refractivity contribution >= 4 is 17.5 Å². The summed E-state index contributed by atoms with van der Waals surface area (Å²) in [4.78, 5) is 14.5. The molecule has 3 rings (SSSR count). The van der Waals surface area contributed by atoms with Crippen LogP contribution in [0.3, 0.4) is 0 Å². The topological polar surface area (TPSA) is 67.6 Å². The lowest BCUT2D eigenvalue weighted by atomic mass is 9.81. The Kier molecular flexibility index (Phi) is 4.64. The van der Waals surface area contributed by atoms with Crippen LogP contribution in [0.4, 0.5) is 8.78 Å². The predicted octanol–water partition coefficient (Wildman–Crippen LogP) is 2.49. The van der Waals surface area contributed by atoms with Crippen LogP contribution in [-0.4, -0.2) is 30.8 Å². The van der Waals surface area contributed by atoms with Crippen molar-refractivity contribution < 1.29 is 18.3 Å². The van der Waals surface area contributed by atoms with Crippen molar-refractivity contribution in [3.8, 4) is 5.75 Å². The van der Waals surface area contributed by atoms with Crippen LogP contribution in [0.1, 0.15) is 11.1 Å². The van der Waals surface area contributed by atoms with Gasteiger partial charge in [-0.25, -0.2) is 0 Å². The normalized spacial score (nSPS) is 23.8. The fourth-order valence-corrected chi connectivity index (χ4v) is 3.36. The second-order valence-electron chi connectivity index (χ2n) is 5.63. The Labute approximate surface area is 148 Å². The second-order valence-corrected chi connectivity index (χ2v) is 6.04. The van der Waals surface area contributed by atoms with Gasteiger partial charge in [0.25, 0.3) is 5.91 Å². The number of alkyl halides is 2. The van der Waals surface area contributed by atoms with Crippen LogP contribution in [0, 0.1) is 0 Å². The first-order chi connectivity index (χ1) is 11.9. The summed E-state index contributed by atoms with van der Waals surface area (Å²) in [6.07, 6.45) is -0.705. The molecule has 1 amide bonds. The third-order valence-electron chi connectivity index (χ3n) is 4.31. The van der Waals surface area contributed by atoms with Crippen LogP contribution in [-0.2, 0) is 10.3 Å². The number of likely N-dealkylation sites (N-methyl/N-ethyl adjacent to an activating group) is 1. The van der Waals surface area contributed by atoms with Crippen LogP contribution in [0.15, 0.2) is 48.5 Å². The summed E-state index contributed by atoms with van der Waals surface area (Å²) >= 11 is 6.09. The Balaban J connectivity index is 2.17. The molecule has 0 saturated carbocycles. The van der Waals surface area contributed by atoms with Gasteiger partial charge in [-0.2, -0.15) is 8.78 Å². The van der Waals surface area contributed by atoms with Gasteiger partial charge in [0.15, 0.2) is 5.54 Å². The van der Waals surface area contributed by atoms with Crippen molar-refractivity contribution in [2.24, 2.45) is 5.73 Å². The van der Waals surface area contributed by atoms with Gasteiger partial charge in [-0.3, -0.25) is 15.4 Å². The Hall–Kier alpha value is -2.22. The van der Waals surface area contributed by atoms with Gasteiger partial charge in [-0.05, 0) is 30.3 Å². The predicted molar refractivity (Wildman–Crippen MR) is 89.2 cm³/mol. The van der Waals surface area contributed by atoms with Gasteiger partial charge in [-0.1, -0.05) is 48.0 Å². The monoisotopic (exact) mass is 367 g/mol. The zero-order valence-corrected chi connectivity index (χ0v) is 14.0. The smallest absolute Gasteiger partial charge is 0.387 e. The molecule has 1 saturated heterocycles. The molecular weight excluding hydrogens is 352 g/mol. The fraction of sp³-hybridized carbons (Fsp3) is 0.235. The van der Waals surface area contributed by atoms with Crippen LogP contribution in [0.2, 0.25) is 5.02 Å². The second kappa shape index (κ2) is 6.59. The van der Waals surface area contributed by atoms with E-state index in [1.54, 1.807) is 36.2 Å². The fourth-order valence-electron chi connectivity index (χ4n) is 3.14. The summed E-state index contributed by atoms with van der Waals surface area (Å²) in [5, 5.41) is 2.67. The van der Waals surface area contributed by atoms with E-state index >= 15 is 0 Å². The third kappa shape index (κ3) is 2.84. The molecule has 1 heterocycles. The minimum atomic E-state index is -2.99. The molecule has 8 heteroatoms. The van der Waals surface area contributed by atoms with Gasteiger partial charge < -0.3 is 10.1 Å². The van der Waals surface area contributed by atoms with Crippen molar-refractivity contribution in [1.29, 1.82) is 0 Å². The number of nitrogens with zero attached hydrogens (tertiary/aromatic N) is 1. The van der Waals surface area contributed by atoms with Gasteiger partial charge in [0.05, 0.1) is 5.02 Å². The lowest BCUT2D eigenvalue weighted by Gasteiger charge is -2.35. The number of benzene rings is 2. The summed E-state index contributed by atoms with van der Waals surface area (Å²) in [6, 6.07) is 13.3. The minimum Gasteiger partial charge on any atom is -0.433 e. The first kappa shape index (κ1) is 17.6. The number of rotatable bonds is 4. The van der Waals surface area contributed by atoms with E-state index in [0.717, 1.165) is 0 Å². The average molecular weight is 368 g/mol. The molecular formula is C17H16ClF2N3O2. The maximum Gasteiger partial charge on any atom is 0.387 e. The van der Waals surface area contributed by atoms with E-state index in [9.17, 15) is 13.6 Å². The van der Waals surface area contributed by atoms with Crippen LogP contribution in [0.25, 0.3) is 0 Å². The number of halogens is 3. The SMILES string of the molecule is CN1C(N)NC(=O)[C@@]1(c1ccccc1)c1ccc(OC(F)F)c(Cl)c1. The molecule has 3 N–H and O–H groups in total. The van der Waals surface area contributed by atoms with Gasteiger partial charge in [0, 0.05) is 0 Å². The lowest BCUT2D eigenvalue weighted by Crippen LogP contribution is -2.49. The highest BCUT2D eigenvalue weighted by Crippen LogP contribution is 2.41. The van der Waals surface area contributed by atoms with E-state index in [1.165, 1.54) is 18.2 Å². The molecule has 0 aliphatic carbocycles. The Morgan fingerprint density at radius 3 is 2.44 bits per heavy atom. The van der Waals surface area contributed by atoms with Gasteiger partial charge in [0.2, 0.25) is 0 Å². The molecule has 1 fully saturated rings. The molecule has 5 nitrogen and oxygen atoms in total. The quantitative estimate of drug-likeness (QED) is 0.871. The molecule has 2 aromatic carbocycles. The highest BCUT2D eigenvalue weighted by molar-refractivity contribution is 6.32. The summed E-state index contributed by atoms with van der Waals surface area (Å²) in [6.45, 7) is -2.99. The van der Waals surface area contributed by atoms with Gasteiger partial charge in [0.1, 0.15) is 12.0 Å². The summed E-state index contributed by atoms with van der Waals surface area (Å²) in [5.74, 6) is -0.485. The van der Waals surface area contributed by atoms with E-state index in [2.05, 4.69) is 10.1 Å². The zero-order chi connectivity index (χ0) is 18.2. The van der Waals surface area contributed by atoms with E-state index in [4.69, 9.17) is 17.3 Å². The first-order valence-electron chi connectivity index (χ1n) is 7.47. The molecule has 0 spiro atoms. The standard InChI is InChI=1S/C17H16ClF2N3O2/c1-23-16(21)22-14(24)17(23,10-5-3-2-4-6-10)11-7-8-13(12(18)9-11)25-15(19)20/h2-9,15-16H,21H2,1H3,(H,22,24)/t16?,17-/m1/s1. The Bertz CT molecular complexity index is 791. The number of hydrogen-bond donors (Lipinski definition) is 2. The minimum absolute atomic E-state index is 0.0187. The molecule has 1 aliphatic rings. The molecule has 1 aliphatic heterocycles. The van der Waals surface area contributed by atoms with Gasteiger partial charge >= 0.3 is 6.61 Å². The average Bonchev–Trinajstić information content (AvgIpc) is 2.80. The van der Waals surface area contributed by atoms with Crippen LogP contribution in [0.5, 0.6) is 5.75 Å². The van der Waals surface area contributed by atoms with Crippen LogP contribution < -0.4 is 15.8 Å². The Morgan fingerprint density at radius 1 is 1.24 bits per heavy atom. The van der Waals surface area contributed by atoms with E-state index in [1.807, 2.05) is 6.07 Å². The maximum atomic E-state index is 12.9. The highest BCUT2D eigenvalue weighted by atomic mass is 35.5. The van der Waals surface area contributed by atoms with Crippen molar-refractivity contribution in [2.75, 3.05) is 7.05 Å². The van der Waals surface area contributed by atoms with Crippen molar-refractivity contribution in [3.63, 3.8) is 0 Å². The third-order valence-corrected chi connectivity index (χ3v) is 4.61. The number of carbonyl (C=O) groups excluding carboxylic acids is 1. The molecule has 2 atom stereocenters. The largest absolute Gasteiger partial charge is 0.433 e. The van der Waals surface area contributed by atoms with Crippen molar-refractivity contribution in [2.45, 2.75) is 18.4 Å². The van der Waals surface area contributed by atoms with E-state index in [-0.39, 0.29) is 16.7 Å². The zero-order valence-electron chi connectivity index (χ0n) is 13.2. The summed E-state index contributed by atoms with van der Waals surface area (Å²) in [5.41, 5.74) is 5.94. The molecule has 2 aromatic rings. The van der Waals surface area contributed by atoms with E-state index in [0.29, 0.717) is 11.1 Å².